The Balaban J connectivity index is 2.01. The lowest BCUT2D eigenvalue weighted by molar-refractivity contribution is 0.102. The highest BCUT2D eigenvalue weighted by atomic mass is 32.1. The van der Waals surface area contributed by atoms with Gasteiger partial charge in [0, 0.05) is 12.0 Å². The average Bonchev–Trinajstić information content (AvgIpc) is 3.03. The molecule has 6 nitrogen and oxygen atoms in total. The van der Waals surface area contributed by atoms with E-state index in [1.54, 1.807) is 25.3 Å². The van der Waals surface area contributed by atoms with Crippen molar-refractivity contribution >= 4 is 22.4 Å². The number of anilines is 1. The highest BCUT2D eigenvalue weighted by Gasteiger charge is 2.13. The first-order chi connectivity index (χ1) is 11.7. The molecular formula is C17H23N3O3S. The number of aromatic nitrogens is 2. The van der Waals surface area contributed by atoms with Crippen LogP contribution in [0.25, 0.3) is 0 Å². The number of aryl methyl sites for hydroxylation is 1. The molecule has 1 heterocycles. The van der Waals surface area contributed by atoms with Crippen molar-refractivity contribution in [2.24, 2.45) is 0 Å². The lowest BCUT2D eigenvalue weighted by atomic mass is 10.2. The second kappa shape index (κ2) is 9.22. The first-order valence-electron chi connectivity index (χ1n) is 8.12. The van der Waals surface area contributed by atoms with E-state index in [2.05, 4.69) is 22.4 Å². The molecule has 0 saturated carbocycles. The number of unbranched alkanes of at least 4 members (excludes halogenated alkanes) is 2. The van der Waals surface area contributed by atoms with Gasteiger partial charge in [0.1, 0.15) is 5.01 Å². The molecule has 2 aromatic rings. The molecule has 24 heavy (non-hydrogen) atoms. The third-order valence-corrected chi connectivity index (χ3v) is 4.31. The molecule has 1 aromatic heterocycles. The molecule has 0 unspecified atom stereocenters. The monoisotopic (exact) mass is 349 g/mol. The number of hydrogen-bond donors (Lipinski definition) is 1. The lowest BCUT2D eigenvalue weighted by Crippen LogP contribution is -2.12. The van der Waals surface area contributed by atoms with E-state index in [0.717, 1.165) is 17.8 Å². The van der Waals surface area contributed by atoms with Crippen molar-refractivity contribution in [1.29, 1.82) is 0 Å². The minimum atomic E-state index is -0.243. The Morgan fingerprint density at radius 2 is 2.04 bits per heavy atom. The van der Waals surface area contributed by atoms with Crippen LogP contribution in [0.3, 0.4) is 0 Å². The molecule has 1 amide bonds. The van der Waals surface area contributed by atoms with Crippen LogP contribution >= 0.6 is 11.3 Å². The second-order valence-electron chi connectivity index (χ2n) is 5.21. The molecule has 0 bridgehead atoms. The largest absolute Gasteiger partial charge is 0.493 e. The summed E-state index contributed by atoms with van der Waals surface area (Å²) < 4.78 is 10.7. The van der Waals surface area contributed by atoms with Crippen molar-refractivity contribution in [2.75, 3.05) is 19.0 Å². The summed E-state index contributed by atoms with van der Waals surface area (Å²) in [5.74, 6) is 0.903. The fourth-order valence-electron chi connectivity index (χ4n) is 2.18. The van der Waals surface area contributed by atoms with Gasteiger partial charge in [0.05, 0.1) is 13.7 Å². The molecule has 0 spiro atoms. The molecule has 130 valence electrons. The summed E-state index contributed by atoms with van der Waals surface area (Å²) in [6.07, 6.45) is 4.34. The zero-order valence-electron chi connectivity index (χ0n) is 14.3. The number of hydrogen-bond acceptors (Lipinski definition) is 6. The summed E-state index contributed by atoms with van der Waals surface area (Å²) in [5, 5.41) is 12.4. The topological polar surface area (TPSA) is 73.3 Å². The maximum absolute atomic E-state index is 12.4. The summed E-state index contributed by atoms with van der Waals surface area (Å²) >= 11 is 1.42. The number of nitrogens with one attached hydrogen (secondary N) is 1. The fraction of sp³-hybridized carbons (Fsp3) is 0.471. The third kappa shape index (κ3) is 4.92. The molecule has 0 aliphatic heterocycles. The van der Waals surface area contributed by atoms with Crippen LogP contribution in [0.1, 0.15) is 48.5 Å². The van der Waals surface area contributed by atoms with Crippen molar-refractivity contribution in [3.63, 3.8) is 0 Å². The summed E-state index contributed by atoms with van der Waals surface area (Å²) in [4.78, 5) is 12.4. The Morgan fingerprint density at radius 1 is 1.21 bits per heavy atom. The first kappa shape index (κ1) is 18.2. The number of benzene rings is 1. The van der Waals surface area contributed by atoms with Crippen LogP contribution in [-0.4, -0.2) is 29.8 Å². The molecule has 0 radical (unpaired) electrons. The number of rotatable bonds is 9. The summed E-state index contributed by atoms with van der Waals surface area (Å²) in [6, 6.07) is 5.09. The smallest absolute Gasteiger partial charge is 0.257 e. The molecular weight excluding hydrogens is 326 g/mol. The zero-order chi connectivity index (χ0) is 17.4. The highest BCUT2D eigenvalue weighted by Crippen LogP contribution is 2.28. The van der Waals surface area contributed by atoms with Gasteiger partial charge < -0.3 is 9.47 Å². The van der Waals surface area contributed by atoms with Gasteiger partial charge in [0.2, 0.25) is 5.13 Å². The number of nitrogens with zero attached hydrogens (tertiary/aromatic N) is 2. The predicted molar refractivity (Wildman–Crippen MR) is 95.3 cm³/mol. The number of carbonyl (C=O) groups excluding carboxylic acids is 1. The van der Waals surface area contributed by atoms with Gasteiger partial charge in [-0.15, -0.1) is 10.2 Å². The van der Waals surface area contributed by atoms with Crippen molar-refractivity contribution in [1.82, 2.24) is 10.2 Å². The molecule has 2 rings (SSSR count). The van der Waals surface area contributed by atoms with Crippen molar-refractivity contribution in [2.45, 2.75) is 39.5 Å². The Hall–Kier alpha value is -2.15. The minimum absolute atomic E-state index is 0.243. The van der Waals surface area contributed by atoms with Crippen LogP contribution in [-0.2, 0) is 6.42 Å². The van der Waals surface area contributed by atoms with E-state index < -0.39 is 0 Å². The van der Waals surface area contributed by atoms with Gasteiger partial charge in [-0.05, 0) is 31.5 Å². The molecule has 0 atom stereocenters. The minimum Gasteiger partial charge on any atom is -0.493 e. The van der Waals surface area contributed by atoms with Crippen molar-refractivity contribution in [3.8, 4) is 11.5 Å². The number of ether oxygens (including phenoxy) is 2. The van der Waals surface area contributed by atoms with E-state index in [0.29, 0.717) is 28.8 Å². The van der Waals surface area contributed by atoms with Crippen LogP contribution in [0.15, 0.2) is 18.2 Å². The standard InChI is InChI=1S/C17H23N3O3S/c1-4-6-7-8-15-19-20-17(24-15)18-16(21)12-9-10-13(23-5-2)14(11-12)22-3/h9-11H,4-8H2,1-3H3,(H,18,20,21). The molecule has 0 aliphatic carbocycles. The first-order valence-corrected chi connectivity index (χ1v) is 8.94. The van der Waals surface area contributed by atoms with Crippen LogP contribution in [0, 0.1) is 0 Å². The van der Waals surface area contributed by atoms with Gasteiger partial charge >= 0.3 is 0 Å². The maximum Gasteiger partial charge on any atom is 0.257 e. The van der Waals surface area contributed by atoms with E-state index in [-0.39, 0.29) is 5.91 Å². The second-order valence-corrected chi connectivity index (χ2v) is 6.27. The summed E-state index contributed by atoms with van der Waals surface area (Å²) in [5.41, 5.74) is 0.484. The van der Waals surface area contributed by atoms with Crippen LogP contribution < -0.4 is 14.8 Å². The van der Waals surface area contributed by atoms with Crippen LogP contribution in [0.2, 0.25) is 0 Å². The Morgan fingerprint density at radius 3 is 2.75 bits per heavy atom. The third-order valence-electron chi connectivity index (χ3n) is 3.41. The Kier molecular flexibility index (Phi) is 6.99. The molecule has 7 heteroatoms. The van der Waals surface area contributed by atoms with Gasteiger partial charge in [-0.25, -0.2) is 0 Å². The number of carbonyl (C=O) groups is 1. The van der Waals surface area contributed by atoms with Gasteiger partial charge in [0.15, 0.2) is 11.5 Å². The van der Waals surface area contributed by atoms with E-state index in [4.69, 9.17) is 9.47 Å². The van der Waals surface area contributed by atoms with E-state index in [9.17, 15) is 4.79 Å². The van der Waals surface area contributed by atoms with Gasteiger partial charge in [0.25, 0.3) is 5.91 Å². The van der Waals surface area contributed by atoms with Crippen LogP contribution in [0.4, 0.5) is 5.13 Å². The van der Waals surface area contributed by atoms with Crippen molar-refractivity contribution in [3.05, 3.63) is 28.8 Å². The van der Waals surface area contributed by atoms with Crippen molar-refractivity contribution < 1.29 is 14.3 Å². The predicted octanol–water partition coefficient (Wildman–Crippen LogP) is 3.93. The maximum atomic E-state index is 12.4. The van der Waals surface area contributed by atoms with E-state index >= 15 is 0 Å². The quantitative estimate of drug-likeness (QED) is 0.694. The Labute approximate surface area is 146 Å². The zero-order valence-corrected chi connectivity index (χ0v) is 15.1. The SMILES string of the molecule is CCCCCc1nnc(NC(=O)c2ccc(OCC)c(OC)c2)s1. The molecule has 0 fully saturated rings. The van der Waals surface area contributed by atoms with Crippen LogP contribution in [0.5, 0.6) is 11.5 Å². The lowest BCUT2D eigenvalue weighted by Gasteiger charge is -2.10. The summed E-state index contributed by atoms with van der Waals surface area (Å²) in [6.45, 7) is 4.60. The molecule has 0 saturated heterocycles. The normalized spacial score (nSPS) is 10.5. The fourth-order valence-corrected chi connectivity index (χ4v) is 2.96. The molecule has 1 N–H and O–H groups in total. The summed E-state index contributed by atoms with van der Waals surface area (Å²) in [7, 11) is 1.55. The highest BCUT2D eigenvalue weighted by molar-refractivity contribution is 7.15. The Bertz CT molecular complexity index is 673. The van der Waals surface area contributed by atoms with E-state index in [1.165, 1.54) is 24.2 Å². The average molecular weight is 349 g/mol. The molecule has 0 aliphatic rings. The van der Waals surface area contributed by atoms with Gasteiger partial charge in [-0.1, -0.05) is 31.1 Å². The number of amides is 1. The van der Waals surface area contributed by atoms with Gasteiger partial charge in [-0.2, -0.15) is 0 Å². The van der Waals surface area contributed by atoms with E-state index in [1.807, 2.05) is 6.92 Å². The molecule has 1 aromatic carbocycles. The van der Waals surface area contributed by atoms with Gasteiger partial charge in [-0.3, -0.25) is 10.1 Å². The number of methoxy groups -OCH3 is 1.